The largest absolute Gasteiger partial charge is 0.431 e. The third-order valence-electron chi connectivity index (χ3n) is 4.90. The number of hydrogen-bond donors (Lipinski definition) is 2. The van der Waals surface area contributed by atoms with Crippen molar-refractivity contribution in [3.8, 4) is 11.8 Å². The Morgan fingerprint density at radius 3 is 2.62 bits per heavy atom. The number of aliphatic hydroxyl groups excluding tert-OH is 1. The van der Waals surface area contributed by atoms with Gasteiger partial charge in [0.05, 0.1) is 5.39 Å². The molecule has 0 aliphatic rings. The predicted octanol–water partition coefficient (Wildman–Crippen LogP) is 3.80. The minimum atomic E-state index is -0.987. The number of rotatable bonds is 4. The first-order valence-corrected chi connectivity index (χ1v) is 10.2. The number of nitrogens with one attached hydrogen (secondary N) is 1. The number of halogens is 1. The fourth-order valence-corrected chi connectivity index (χ4v) is 3.35. The summed E-state index contributed by atoms with van der Waals surface area (Å²) >= 11 is 5.87. The summed E-state index contributed by atoms with van der Waals surface area (Å²) in [6, 6.07) is 17.6. The van der Waals surface area contributed by atoms with Crippen LogP contribution in [0.4, 0.5) is 0 Å². The van der Waals surface area contributed by atoms with Gasteiger partial charge in [0.1, 0.15) is 11.7 Å². The molecule has 0 aliphatic carbocycles. The normalized spacial score (nSPS) is 11.6. The molecule has 1 amide bonds. The maximum Gasteiger partial charge on any atom is 0.257 e. The molecule has 2 heterocycles. The molecule has 0 fully saturated rings. The van der Waals surface area contributed by atoms with Crippen LogP contribution < -0.4 is 10.7 Å². The molecule has 0 bridgehead atoms. The summed E-state index contributed by atoms with van der Waals surface area (Å²) in [6.45, 7) is 0.261. The lowest BCUT2D eigenvalue weighted by molar-refractivity contribution is 0.0949. The van der Waals surface area contributed by atoms with Crippen molar-refractivity contribution in [1.29, 1.82) is 0 Å². The smallest absolute Gasteiger partial charge is 0.257 e. The van der Waals surface area contributed by atoms with Crippen molar-refractivity contribution in [2.75, 3.05) is 0 Å². The number of nitrogens with zero attached hydrogens (tertiary/aromatic N) is 1. The summed E-state index contributed by atoms with van der Waals surface area (Å²) in [7, 11) is 1.68. The van der Waals surface area contributed by atoms with Crippen LogP contribution in [0.25, 0.3) is 11.1 Å². The highest BCUT2D eigenvalue weighted by atomic mass is 35.5. The molecule has 0 saturated heterocycles. The molecular weight excluding hydrogens is 428 g/mol. The molecule has 0 saturated carbocycles. The van der Waals surface area contributed by atoms with E-state index in [0.29, 0.717) is 16.3 Å². The highest BCUT2D eigenvalue weighted by Crippen LogP contribution is 2.17. The summed E-state index contributed by atoms with van der Waals surface area (Å²) in [5, 5.41) is 13.8. The maximum atomic E-state index is 12.9. The highest BCUT2D eigenvalue weighted by Gasteiger charge is 2.17. The average Bonchev–Trinajstić information content (AvgIpc) is 3.25. The van der Waals surface area contributed by atoms with E-state index in [0.717, 1.165) is 5.56 Å². The number of carbonyl (C=O) groups is 1. The highest BCUT2D eigenvalue weighted by molar-refractivity contribution is 6.30. The zero-order chi connectivity index (χ0) is 22.7. The van der Waals surface area contributed by atoms with Gasteiger partial charge in [0.25, 0.3) is 5.91 Å². The minimum Gasteiger partial charge on any atom is -0.431 e. The number of aryl methyl sites for hydroxylation is 1. The third kappa shape index (κ3) is 4.59. The molecule has 0 aliphatic heterocycles. The Morgan fingerprint density at radius 2 is 1.91 bits per heavy atom. The van der Waals surface area contributed by atoms with Crippen LogP contribution in [0, 0.1) is 11.8 Å². The van der Waals surface area contributed by atoms with Crippen molar-refractivity contribution in [2.45, 2.75) is 12.6 Å². The maximum absolute atomic E-state index is 12.9. The Morgan fingerprint density at radius 1 is 1.19 bits per heavy atom. The fourth-order valence-electron chi connectivity index (χ4n) is 3.22. The number of carbonyl (C=O) groups excluding carboxylic acids is 1. The van der Waals surface area contributed by atoms with Gasteiger partial charge in [-0.1, -0.05) is 60.0 Å². The number of benzene rings is 2. The molecule has 2 N–H and O–H groups in total. The van der Waals surface area contributed by atoms with E-state index in [4.69, 9.17) is 16.0 Å². The lowest BCUT2D eigenvalue weighted by Crippen LogP contribution is -2.29. The fraction of sp³-hybridized carbons (Fsp3) is 0.120. The molecule has 0 spiro atoms. The summed E-state index contributed by atoms with van der Waals surface area (Å²) in [4.78, 5) is 25.5. The molecule has 160 valence electrons. The third-order valence-corrected chi connectivity index (χ3v) is 5.16. The second-order valence-electron chi connectivity index (χ2n) is 7.20. The van der Waals surface area contributed by atoms with E-state index >= 15 is 0 Å². The van der Waals surface area contributed by atoms with E-state index in [1.165, 1.54) is 12.3 Å². The van der Waals surface area contributed by atoms with E-state index in [-0.39, 0.29) is 23.3 Å². The topological polar surface area (TPSA) is 84.5 Å². The van der Waals surface area contributed by atoms with Crippen LogP contribution in [-0.2, 0) is 13.6 Å². The Labute approximate surface area is 189 Å². The summed E-state index contributed by atoms with van der Waals surface area (Å²) in [5.41, 5.74) is 1.36. The van der Waals surface area contributed by atoms with Gasteiger partial charge in [0.15, 0.2) is 5.76 Å². The van der Waals surface area contributed by atoms with Gasteiger partial charge in [0.2, 0.25) is 11.1 Å². The van der Waals surface area contributed by atoms with E-state index < -0.39 is 17.4 Å². The zero-order valence-corrected chi connectivity index (χ0v) is 17.9. The first kappa shape index (κ1) is 21.4. The molecule has 0 radical (unpaired) electrons. The second-order valence-corrected chi connectivity index (χ2v) is 7.64. The lowest BCUT2D eigenvalue weighted by Gasteiger charge is -2.07. The molecular formula is C25H19ClN2O4. The minimum absolute atomic E-state index is 0.00130. The van der Waals surface area contributed by atoms with Crippen LogP contribution in [0.15, 0.2) is 76.1 Å². The number of hydrogen-bond acceptors (Lipinski definition) is 4. The standard InChI is InChI=1S/C25H19ClN2O4/c1-28-15-21(24(31)27-14-16-7-9-18(26)10-8-16)23(30)20-13-19(32-25(20)28)11-12-22(29)17-5-3-2-4-6-17/h2-10,13,15,22,29H,14H2,1H3,(H,27,31)/t22-/m0/s1. The quantitative estimate of drug-likeness (QED) is 0.467. The van der Waals surface area contributed by atoms with E-state index in [1.807, 2.05) is 18.2 Å². The van der Waals surface area contributed by atoms with E-state index in [2.05, 4.69) is 17.2 Å². The molecule has 0 unspecified atom stereocenters. The van der Waals surface area contributed by atoms with Gasteiger partial charge in [0, 0.05) is 30.9 Å². The van der Waals surface area contributed by atoms with Crippen LogP contribution >= 0.6 is 11.6 Å². The number of aliphatic hydroxyl groups is 1. The Kier molecular flexibility index (Phi) is 6.13. The first-order valence-electron chi connectivity index (χ1n) is 9.83. The van der Waals surface area contributed by atoms with Crippen molar-refractivity contribution in [1.82, 2.24) is 9.88 Å². The van der Waals surface area contributed by atoms with Gasteiger partial charge in [-0.3, -0.25) is 9.59 Å². The molecule has 7 heteroatoms. The van der Waals surface area contributed by atoms with Gasteiger partial charge in [-0.2, -0.15) is 0 Å². The van der Waals surface area contributed by atoms with Gasteiger partial charge < -0.3 is 19.4 Å². The van der Waals surface area contributed by atoms with Crippen LogP contribution in [0.2, 0.25) is 5.02 Å². The second kappa shape index (κ2) is 9.15. The molecule has 1 atom stereocenters. The predicted molar refractivity (Wildman–Crippen MR) is 122 cm³/mol. The molecule has 4 aromatic rings. The van der Waals surface area contributed by atoms with E-state index in [1.54, 1.807) is 48.0 Å². The summed E-state index contributed by atoms with van der Waals surface area (Å²) in [6.07, 6.45) is 0.445. The number of furan rings is 1. The number of amides is 1. The SMILES string of the molecule is Cn1cc(C(=O)NCc2ccc(Cl)cc2)c(=O)c2cc(C#C[C@H](O)c3ccccc3)oc21. The lowest BCUT2D eigenvalue weighted by atomic mass is 10.1. The number of fused-ring (bicyclic) bond motifs is 1. The monoisotopic (exact) mass is 446 g/mol. The van der Waals surface area contributed by atoms with Gasteiger partial charge in [-0.15, -0.1) is 0 Å². The van der Waals surface area contributed by atoms with Gasteiger partial charge in [-0.25, -0.2) is 0 Å². The Hall–Kier alpha value is -3.79. The molecule has 4 rings (SSSR count). The van der Waals surface area contributed by atoms with Crippen LogP contribution in [0.1, 0.15) is 33.3 Å². The Bertz CT molecular complexity index is 1390. The molecule has 2 aromatic carbocycles. The van der Waals surface area contributed by atoms with Crippen molar-refractivity contribution in [3.05, 3.63) is 105 Å². The molecule has 6 nitrogen and oxygen atoms in total. The Balaban J connectivity index is 1.58. The van der Waals surface area contributed by atoms with E-state index in [9.17, 15) is 14.7 Å². The van der Waals surface area contributed by atoms with Crippen molar-refractivity contribution >= 4 is 28.6 Å². The summed E-state index contributed by atoms with van der Waals surface area (Å²) in [5.74, 6) is 5.20. The molecule has 2 aromatic heterocycles. The van der Waals surface area contributed by atoms with Crippen LogP contribution in [0.3, 0.4) is 0 Å². The van der Waals surface area contributed by atoms with Crippen LogP contribution in [-0.4, -0.2) is 15.6 Å². The van der Waals surface area contributed by atoms with Gasteiger partial charge in [-0.05, 0) is 29.2 Å². The van der Waals surface area contributed by atoms with Crippen molar-refractivity contribution in [3.63, 3.8) is 0 Å². The average molecular weight is 447 g/mol. The van der Waals surface area contributed by atoms with Crippen molar-refractivity contribution in [2.24, 2.45) is 7.05 Å². The zero-order valence-electron chi connectivity index (χ0n) is 17.1. The van der Waals surface area contributed by atoms with Gasteiger partial charge >= 0.3 is 0 Å². The first-order chi connectivity index (χ1) is 15.4. The number of aromatic nitrogens is 1. The summed E-state index contributed by atoms with van der Waals surface area (Å²) < 4.78 is 7.24. The van der Waals surface area contributed by atoms with Crippen LogP contribution in [0.5, 0.6) is 0 Å². The van der Waals surface area contributed by atoms with Crippen molar-refractivity contribution < 1.29 is 14.3 Å². The number of pyridine rings is 1. The molecule has 32 heavy (non-hydrogen) atoms.